The number of aliphatic imine (C=N–C) groups is 1. The van der Waals surface area contributed by atoms with Gasteiger partial charge in [0, 0.05) is 5.56 Å². The smallest absolute Gasteiger partial charge is 0.264 e. The van der Waals surface area contributed by atoms with Crippen LogP contribution in [0.2, 0.25) is 0 Å². The van der Waals surface area contributed by atoms with Crippen molar-refractivity contribution >= 4 is 34.6 Å². The van der Waals surface area contributed by atoms with Gasteiger partial charge in [0.2, 0.25) is 0 Å². The van der Waals surface area contributed by atoms with Gasteiger partial charge in [-0.1, -0.05) is 0 Å². The first-order valence-electron chi connectivity index (χ1n) is 7.39. The van der Waals surface area contributed by atoms with E-state index in [1.54, 1.807) is 56.7 Å². The molecule has 2 N–H and O–H groups in total. The maximum Gasteiger partial charge on any atom is 0.264 e. The first-order chi connectivity index (χ1) is 12.1. The van der Waals surface area contributed by atoms with E-state index in [1.807, 2.05) is 0 Å². The average Bonchev–Trinajstić information content (AvgIpc) is 2.96. The number of nitrogens with one attached hydrogen (secondary N) is 1. The molecule has 1 heterocycles. The number of methoxy groups -OCH3 is 2. The first-order valence-corrected chi connectivity index (χ1v) is 8.21. The summed E-state index contributed by atoms with van der Waals surface area (Å²) in [6.45, 7) is 0. The highest BCUT2D eigenvalue weighted by Crippen LogP contribution is 2.32. The molecule has 2 aromatic rings. The molecule has 0 atom stereocenters. The Labute approximate surface area is 149 Å². The Morgan fingerprint density at radius 2 is 1.76 bits per heavy atom. The summed E-state index contributed by atoms with van der Waals surface area (Å²) in [6, 6.07) is 12.0. The van der Waals surface area contributed by atoms with Gasteiger partial charge in [-0.3, -0.25) is 4.79 Å². The van der Waals surface area contributed by atoms with Gasteiger partial charge in [-0.25, -0.2) is 4.99 Å². The molecule has 1 amide bonds. The number of thioether (sulfide) groups is 1. The molecule has 0 unspecified atom stereocenters. The Balaban J connectivity index is 1.83. The zero-order valence-corrected chi connectivity index (χ0v) is 14.5. The van der Waals surface area contributed by atoms with Crippen LogP contribution in [0.3, 0.4) is 0 Å². The van der Waals surface area contributed by atoms with Gasteiger partial charge in [0.25, 0.3) is 5.91 Å². The highest BCUT2D eigenvalue weighted by molar-refractivity contribution is 8.18. The molecule has 0 saturated carbocycles. The van der Waals surface area contributed by atoms with E-state index < -0.39 is 0 Å². The van der Waals surface area contributed by atoms with E-state index in [4.69, 9.17) is 9.47 Å². The summed E-state index contributed by atoms with van der Waals surface area (Å²) in [6.07, 6.45) is 1.61. The normalized spacial score (nSPS) is 17.0. The molecule has 0 bridgehead atoms. The van der Waals surface area contributed by atoms with Crippen LogP contribution in [0.5, 0.6) is 17.2 Å². The summed E-state index contributed by atoms with van der Waals surface area (Å²) < 4.78 is 10.2. The zero-order chi connectivity index (χ0) is 17.8. The van der Waals surface area contributed by atoms with Crippen molar-refractivity contribution in [1.82, 2.24) is 5.32 Å². The number of nitrogens with zero attached hydrogens (tertiary/aromatic N) is 1. The molecule has 1 fully saturated rings. The summed E-state index contributed by atoms with van der Waals surface area (Å²) in [4.78, 5) is 17.0. The number of amides is 1. The third-order valence-electron chi connectivity index (χ3n) is 3.48. The van der Waals surface area contributed by atoms with Crippen molar-refractivity contribution in [2.45, 2.75) is 0 Å². The molecule has 0 spiro atoms. The van der Waals surface area contributed by atoms with Crippen molar-refractivity contribution in [1.29, 1.82) is 0 Å². The molecule has 1 saturated heterocycles. The number of phenolic OH excluding ortho intramolecular Hbond substituents is 1. The van der Waals surface area contributed by atoms with E-state index in [0.717, 1.165) is 5.75 Å². The molecule has 1 aliphatic rings. The minimum atomic E-state index is -0.264. The largest absolute Gasteiger partial charge is 0.507 e. The van der Waals surface area contributed by atoms with Crippen molar-refractivity contribution in [2.24, 2.45) is 4.99 Å². The number of carbonyl (C=O) groups is 1. The van der Waals surface area contributed by atoms with Gasteiger partial charge in [0.1, 0.15) is 17.2 Å². The number of phenols is 1. The van der Waals surface area contributed by atoms with E-state index in [0.29, 0.717) is 27.1 Å². The van der Waals surface area contributed by atoms with Crippen molar-refractivity contribution in [3.63, 3.8) is 0 Å². The molecular weight excluding hydrogens is 340 g/mol. The topological polar surface area (TPSA) is 80.2 Å². The highest BCUT2D eigenvalue weighted by Gasteiger charge is 2.24. The number of benzene rings is 2. The lowest BCUT2D eigenvalue weighted by molar-refractivity contribution is -0.115. The first kappa shape index (κ1) is 16.9. The van der Waals surface area contributed by atoms with Crippen molar-refractivity contribution < 1.29 is 19.4 Å². The van der Waals surface area contributed by atoms with Crippen LogP contribution in [0.25, 0.3) is 6.08 Å². The fourth-order valence-corrected chi connectivity index (χ4v) is 3.00. The Hall–Kier alpha value is -2.93. The second-order valence-corrected chi connectivity index (χ2v) is 6.14. The predicted molar refractivity (Wildman–Crippen MR) is 98.5 cm³/mol. The maximum absolute atomic E-state index is 12.1. The Morgan fingerprint density at radius 1 is 1.08 bits per heavy atom. The third kappa shape index (κ3) is 3.95. The SMILES string of the molecule is COc1ccc(N=C2NC(=O)/C(=C\c3cc(OC)ccc3O)S2)cc1. The number of carbonyl (C=O) groups excluding carboxylic acids is 1. The molecule has 0 aliphatic carbocycles. The standard InChI is InChI=1S/C18H16N2O4S/c1-23-13-5-3-12(4-6-13)19-18-20-17(22)16(25-18)10-11-9-14(24-2)7-8-15(11)21/h3-10,21H,1-2H3,(H,19,20,22)/b16-10+. The second-order valence-electron chi connectivity index (χ2n) is 5.10. The molecular formula is C18H16N2O4S. The predicted octanol–water partition coefficient (Wildman–Crippen LogP) is 3.30. The number of hydrogen-bond acceptors (Lipinski definition) is 6. The lowest BCUT2D eigenvalue weighted by Gasteiger charge is -2.03. The van der Waals surface area contributed by atoms with Crippen LogP contribution >= 0.6 is 11.8 Å². The lowest BCUT2D eigenvalue weighted by atomic mass is 10.1. The van der Waals surface area contributed by atoms with E-state index in [9.17, 15) is 9.90 Å². The van der Waals surface area contributed by atoms with Crippen LogP contribution in [0.15, 0.2) is 52.4 Å². The van der Waals surface area contributed by atoms with Crippen LogP contribution in [0.1, 0.15) is 5.56 Å². The summed E-state index contributed by atoms with van der Waals surface area (Å²) >= 11 is 1.21. The third-order valence-corrected chi connectivity index (χ3v) is 4.39. The van der Waals surface area contributed by atoms with Gasteiger partial charge in [0.15, 0.2) is 5.17 Å². The molecule has 1 aliphatic heterocycles. The van der Waals surface area contributed by atoms with Crippen molar-refractivity contribution in [2.75, 3.05) is 14.2 Å². The molecule has 0 aromatic heterocycles. The van der Waals surface area contributed by atoms with Crippen LogP contribution in [-0.4, -0.2) is 30.4 Å². The van der Waals surface area contributed by atoms with Crippen LogP contribution in [0, 0.1) is 0 Å². The Kier molecular flexibility index (Phi) is 4.95. The fourth-order valence-electron chi connectivity index (χ4n) is 2.17. The van der Waals surface area contributed by atoms with E-state index >= 15 is 0 Å². The van der Waals surface area contributed by atoms with Crippen molar-refractivity contribution in [3.05, 3.63) is 52.9 Å². The molecule has 7 heteroatoms. The molecule has 6 nitrogen and oxygen atoms in total. The van der Waals surface area contributed by atoms with Crippen molar-refractivity contribution in [3.8, 4) is 17.2 Å². The van der Waals surface area contributed by atoms with Gasteiger partial charge in [0.05, 0.1) is 24.8 Å². The van der Waals surface area contributed by atoms with Gasteiger partial charge >= 0.3 is 0 Å². The van der Waals surface area contributed by atoms with E-state index in [2.05, 4.69) is 10.3 Å². The minimum absolute atomic E-state index is 0.0715. The van der Waals surface area contributed by atoms with Crippen LogP contribution in [0.4, 0.5) is 5.69 Å². The molecule has 128 valence electrons. The van der Waals surface area contributed by atoms with Gasteiger partial charge < -0.3 is 19.9 Å². The minimum Gasteiger partial charge on any atom is -0.507 e. The summed E-state index contributed by atoms with van der Waals surface area (Å²) in [5.41, 5.74) is 1.21. The quantitative estimate of drug-likeness (QED) is 0.822. The Morgan fingerprint density at radius 3 is 2.44 bits per heavy atom. The van der Waals surface area contributed by atoms with Gasteiger partial charge in [-0.2, -0.15) is 0 Å². The number of aromatic hydroxyl groups is 1. The van der Waals surface area contributed by atoms with E-state index in [-0.39, 0.29) is 11.7 Å². The fraction of sp³-hybridized carbons (Fsp3) is 0.111. The zero-order valence-electron chi connectivity index (χ0n) is 13.6. The molecule has 25 heavy (non-hydrogen) atoms. The Bertz CT molecular complexity index is 860. The molecule has 3 rings (SSSR count). The number of amidine groups is 1. The monoisotopic (exact) mass is 356 g/mol. The lowest BCUT2D eigenvalue weighted by Crippen LogP contribution is -2.19. The molecule has 2 aromatic carbocycles. The average molecular weight is 356 g/mol. The summed E-state index contributed by atoms with van der Waals surface area (Å²) in [7, 11) is 3.14. The number of ether oxygens (including phenoxy) is 2. The molecule has 0 radical (unpaired) electrons. The summed E-state index contributed by atoms with van der Waals surface area (Å²) in [5, 5.41) is 13.1. The van der Waals surface area contributed by atoms with Gasteiger partial charge in [-0.05, 0) is 60.3 Å². The highest BCUT2D eigenvalue weighted by atomic mass is 32.2. The van der Waals surface area contributed by atoms with Crippen LogP contribution < -0.4 is 14.8 Å². The second kappa shape index (κ2) is 7.31. The maximum atomic E-state index is 12.1. The van der Waals surface area contributed by atoms with Crippen LogP contribution in [-0.2, 0) is 4.79 Å². The summed E-state index contributed by atoms with van der Waals surface area (Å²) in [5.74, 6) is 1.14. The van der Waals surface area contributed by atoms with Gasteiger partial charge in [-0.15, -0.1) is 0 Å². The van der Waals surface area contributed by atoms with E-state index in [1.165, 1.54) is 17.8 Å². The number of rotatable bonds is 4. The number of hydrogen-bond donors (Lipinski definition) is 2.